The minimum Gasteiger partial charge on any atom is -0.341 e. The molecule has 1 aromatic heterocycles. The van der Waals surface area contributed by atoms with Crippen LogP contribution in [-0.4, -0.2) is 21.5 Å². The highest BCUT2D eigenvalue weighted by Crippen LogP contribution is 2.15. The van der Waals surface area contributed by atoms with Crippen LogP contribution in [0.5, 0.6) is 0 Å². The van der Waals surface area contributed by atoms with Crippen molar-refractivity contribution in [1.29, 1.82) is 0 Å². The molecule has 0 bridgehead atoms. The molecule has 0 spiro atoms. The van der Waals surface area contributed by atoms with E-state index in [1.165, 1.54) is 6.33 Å². The summed E-state index contributed by atoms with van der Waals surface area (Å²) < 4.78 is 0. The van der Waals surface area contributed by atoms with Gasteiger partial charge in [-0.2, -0.15) is 0 Å². The van der Waals surface area contributed by atoms with Crippen LogP contribution < -0.4 is 0 Å². The zero-order chi connectivity index (χ0) is 14.7. The van der Waals surface area contributed by atoms with Gasteiger partial charge in [0.2, 0.25) is 11.6 Å². The topological polar surface area (TPSA) is 62.8 Å². The van der Waals surface area contributed by atoms with Gasteiger partial charge in [0.1, 0.15) is 11.4 Å². The number of imidazole rings is 1. The van der Waals surface area contributed by atoms with Gasteiger partial charge < -0.3 is 4.98 Å². The van der Waals surface area contributed by atoms with E-state index in [2.05, 4.69) is 9.97 Å². The van der Waals surface area contributed by atoms with Crippen LogP contribution >= 0.6 is 0 Å². The Morgan fingerprint density at radius 3 is 1.86 bits per heavy atom. The van der Waals surface area contributed by atoms with E-state index in [-0.39, 0.29) is 23.0 Å². The second kappa shape index (κ2) is 5.54. The number of H-pyrrole nitrogens is 1. The maximum atomic E-state index is 12.4. The third kappa shape index (κ3) is 2.51. The van der Waals surface area contributed by atoms with Crippen LogP contribution in [0.15, 0.2) is 67.0 Å². The van der Waals surface area contributed by atoms with Crippen molar-refractivity contribution in [1.82, 2.24) is 9.97 Å². The minimum absolute atomic E-state index is 0.148. The number of benzene rings is 2. The minimum atomic E-state index is -0.267. The molecule has 0 aliphatic carbocycles. The molecule has 0 unspecified atom stereocenters. The number of carbonyl (C=O) groups excluding carboxylic acids is 2. The number of carbonyl (C=O) groups is 2. The van der Waals surface area contributed by atoms with E-state index in [1.807, 2.05) is 12.1 Å². The predicted octanol–water partition coefficient (Wildman–Crippen LogP) is 2.87. The van der Waals surface area contributed by atoms with Crippen LogP contribution in [0, 0.1) is 0 Å². The van der Waals surface area contributed by atoms with Crippen molar-refractivity contribution in [2.24, 2.45) is 0 Å². The Balaban J connectivity index is 1.99. The van der Waals surface area contributed by atoms with Gasteiger partial charge in [0.25, 0.3) is 0 Å². The molecule has 1 heterocycles. The molecule has 0 aliphatic heterocycles. The molecule has 0 atom stereocenters. The lowest BCUT2D eigenvalue weighted by Gasteiger charge is -2.02. The Kier molecular flexibility index (Phi) is 3.43. The number of nitrogens with zero attached hydrogens (tertiary/aromatic N) is 1. The zero-order valence-corrected chi connectivity index (χ0v) is 11.1. The lowest BCUT2D eigenvalue weighted by molar-refractivity contribution is 0.0998. The van der Waals surface area contributed by atoms with Gasteiger partial charge in [-0.1, -0.05) is 60.7 Å². The lowest BCUT2D eigenvalue weighted by atomic mass is 10.0. The van der Waals surface area contributed by atoms with Gasteiger partial charge in [-0.05, 0) is 0 Å². The number of hydrogen-bond acceptors (Lipinski definition) is 3. The standard InChI is InChI=1S/C17H12N2O2/c20-16(12-7-3-1-4-8-12)14-15(19-11-18-14)17(21)13-9-5-2-6-10-13/h1-11H,(H,18,19). The van der Waals surface area contributed by atoms with Crippen LogP contribution in [0.4, 0.5) is 0 Å². The SMILES string of the molecule is O=C(c1ccccc1)c1nc[nH]c1C(=O)c1ccccc1. The highest BCUT2D eigenvalue weighted by atomic mass is 16.1. The molecular formula is C17H12N2O2. The molecule has 102 valence electrons. The largest absolute Gasteiger partial charge is 0.341 e. The van der Waals surface area contributed by atoms with E-state index < -0.39 is 0 Å². The van der Waals surface area contributed by atoms with E-state index in [0.717, 1.165) is 0 Å². The van der Waals surface area contributed by atoms with Gasteiger partial charge >= 0.3 is 0 Å². The van der Waals surface area contributed by atoms with Crippen molar-refractivity contribution in [3.05, 3.63) is 89.5 Å². The van der Waals surface area contributed by atoms with Gasteiger partial charge in [-0.3, -0.25) is 9.59 Å². The monoisotopic (exact) mass is 276 g/mol. The summed E-state index contributed by atoms with van der Waals surface area (Å²) in [5.41, 5.74) is 1.39. The number of rotatable bonds is 4. The molecule has 3 rings (SSSR count). The molecule has 0 aliphatic rings. The first-order valence-corrected chi connectivity index (χ1v) is 6.50. The number of aromatic nitrogens is 2. The van der Waals surface area contributed by atoms with Gasteiger partial charge in [0.15, 0.2) is 0 Å². The summed E-state index contributed by atoms with van der Waals surface area (Å²) in [5, 5.41) is 0. The van der Waals surface area contributed by atoms with E-state index in [1.54, 1.807) is 48.5 Å². The van der Waals surface area contributed by atoms with Crippen LogP contribution in [-0.2, 0) is 0 Å². The van der Waals surface area contributed by atoms with Crippen molar-refractivity contribution < 1.29 is 9.59 Å². The number of aromatic amines is 1. The van der Waals surface area contributed by atoms with Gasteiger partial charge in [0.05, 0.1) is 6.33 Å². The number of ketones is 2. The maximum Gasteiger partial charge on any atom is 0.213 e. The first kappa shape index (κ1) is 13.0. The Hall–Kier alpha value is -3.01. The molecule has 0 fully saturated rings. The Bertz CT molecular complexity index is 711. The highest BCUT2D eigenvalue weighted by Gasteiger charge is 2.22. The van der Waals surface area contributed by atoms with Gasteiger partial charge in [-0.15, -0.1) is 0 Å². The molecule has 21 heavy (non-hydrogen) atoms. The third-order valence-corrected chi connectivity index (χ3v) is 3.15. The molecule has 2 aromatic carbocycles. The molecular weight excluding hydrogens is 264 g/mol. The molecule has 3 aromatic rings. The fourth-order valence-electron chi connectivity index (χ4n) is 2.10. The highest BCUT2D eigenvalue weighted by molar-refractivity contribution is 6.17. The van der Waals surface area contributed by atoms with E-state index in [0.29, 0.717) is 11.1 Å². The molecule has 1 N–H and O–H groups in total. The predicted molar refractivity (Wildman–Crippen MR) is 78.3 cm³/mol. The first-order valence-electron chi connectivity index (χ1n) is 6.50. The van der Waals surface area contributed by atoms with Crippen molar-refractivity contribution in [3.8, 4) is 0 Å². The van der Waals surface area contributed by atoms with Crippen molar-refractivity contribution in [3.63, 3.8) is 0 Å². The van der Waals surface area contributed by atoms with Crippen LogP contribution in [0.25, 0.3) is 0 Å². The first-order chi connectivity index (χ1) is 10.3. The Morgan fingerprint density at radius 1 is 0.762 bits per heavy atom. The number of hydrogen-bond donors (Lipinski definition) is 1. The summed E-state index contributed by atoms with van der Waals surface area (Å²) in [5.74, 6) is -0.511. The molecule has 0 amide bonds. The quantitative estimate of drug-likeness (QED) is 0.745. The fraction of sp³-hybridized carbons (Fsp3) is 0. The summed E-state index contributed by atoms with van der Waals surface area (Å²) in [6, 6.07) is 17.6. The number of nitrogens with one attached hydrogen (secondary N) is 1. The molecule has 0 saturated carbocycles. The summed E-state index contributed by atoms with van der Waals surface area (Å²) in [4.78, 5) is 31.7. The average Bonchev–Trinajstić information content (AvgIpc) is 3.04. The van der Waals surface area contributed by atoms with Crippen molar-refractivity contribution >= 4 is 11.6 Å². The second-order valence-electron chi connectivity index (χ2n) is 4.52. The Labute approximate surface area is 121 Å². The summed E-state index contributed by atoms with van der Waals surface area (Å²) in [6.45, 7) is 0. The molecule has 4 nitrogen and oxygen atoms in total. The summed E-state index contributed by atoms with van der Waals surface area (Å²) >= 11 is 0. The van der Waals surface area contributed by atoms with Crippen LogP contribution in [0.2, 0.25) is 0 Å². The van der Waals surface area contributed by atoms with E-state index in [9.17, 15) is 9.59 Å². The fourth-order valence-corrected chi connectivity index (χ4v) is 2.10. The normalized spacial score (nSPS) is 10.3. The van der Waals surface area contributed by atoms with Gasteiger partial charge in [0, 0.05) is 11.1 Å². The smallest absolute Gasteiger partial charge is 0.213 e. The van der Waals surface area contributed by atoms with Gasteiger partial charge in [-0.25, -0.2) is 4.98 Å². The summed E-state index contributed by atoms with van der Waals surface area (Å²) in [6.07, 6.45) is 1.37. The van der Waals surface area contributed by atoms with E-state index in [4.69, 9.17) is 0 Å². The third-order valence-electron chi connectivity index (χ3n) is 3.15. The van der Waals surface area contributed by atoms with Crippen molar-refractivity contribution in [2.75, 3.05) is 0 Å². The summed E-state index contributed by atoms with van der Waals surface area (Å²) in [7, 11) is 0. The van der Waals surface area contributed by atoms with Crippen LogP contribution in [0.1, 0.15) is 32.1 Å². The van der Waals surface area contributed by atoms with Crippen molar-refractivity contribution in [2.45, 2.75) is 0 Å². The van der Waals surface area contributed by atoms with E-state index >= 15 is 0 Å². The second-order valence-corrected chi connectivity index (χ2v) is 4.52. The average molecular weight is 276 g/mol. The Morgan fingerprint density at radius 2 is 1.29 bits per heavy atom. The molecule has 0 radical (unpaired) electrons. The van der Waals surface area contributed by atoms with Crippen LogP contribution in [0.3, 0.4) is 0 Å². The lowest BCUT2D eigenvalue weighted by Crippen LogP contribution is -2.11. The maximum absolute atomic E-state index is 12.4. The molecule has 0 saturated heterocycles. The zero-order valence-electron chi connectivity index (χ0n) is 11.1. The molecule has 4 heteroatoms.